The average molecular weight is 310 g/mol. The minimum atomic E-state index is -0.543. The fourth-order valence-electron chi connectivity index (χ4n) is 1.65. The second-order valence-corrected chi connectivity index (χ2v) is 4.69. The quantitative estimate of drug-likeness (QED) is 0.864. The van der Waals surface area contributed by atoms with E-state index in [2.05, 4.69) is 25.7 Å². The first-order valence-corrected chi connectivity index (χ1v) is 6.01. The number of esters is 1. The lowest BCUT2D eigenvalue weighted by atomic mass is 10.2. The van der Waals surface area contributed by atoms with Crippen molar-refractivity contribution >= 4 is 27.7 Å². The van der Waals surface area contributed by atoms with Gasteiger partial charge in [-0.05, 0) is 24.6 Å². The summed E-state index contributed by atoms with van der Waals surface area (Å²) in [7, 11) is 1.30. The van der Waals surface area contributed by atoms with Gasteiger partial charge in [-0.15, -0.1) is 0 Å². The molecule has 2 N–H and O–H groups in total. The molecule has 0 aliphatic carbocycles. The maximum atomic E-state index is 11.4. The van der Waals surface area contributed by atoms with Gasteiger partial charge in [0.25, 0.3) is 0 Å². The molecule has 1 heterocycles. The number of anilines is 1. The van der Waals surface area contributed by atoms with Crippen molar-refractivity contribution in [3.63, 3.8) is 0 Å². The summed E-state index contributed by atoms with van der Waals surface area (Å²) in [5.41, 5.74) is 7.93. The molecule has 0 saturated carbocycles. The Labute approximate surface area is 113 Å². The van der Waals surface area contributed by atoms with Crippen molar-refractivity contribution in [1.29, 1.82) is 0 Å². The summed E-state index contributed by atoms with van der Waals surface area (Å²) in [5, 5.41) is 0. The van der Waals surface area contributed by atoms with Crippen LogP contribution < -0.4 is 5.73 Å². The molecule has 0 fully saturated rings. The van der Waals surface area contributed by atoms with Crippen molar-refractivity contribution in [2.45, 2.75) is 6.92 Å². The molecule has 0 spiro atoms. The molecule has 1 aromatic heterocycles. The molecule has 0 radical (unpaired) electrons. The highest BCUT2D eigenvalue weighted by Crippen LogP contribution is 2.23. The second kappa shape index (κ2) is 4.81. The number of nitrogens with two attached hydrogens (primary N) is 1. The van der Waals surface area contributed by atoms with Crippen LogP contribution in [0, 0.1) is 6.92 Å². The van der Waals surface area contributed by atoms with Crippen molar-refractivity contribution in [1.82, 2.24) is 9.55 Å². The van der Waals surface area contributed by atoms with E-state index in [0.29, 0.717) is 0 Å². The lowest BCUT2D eigenvalue weighted by Gasteiger charge is -2.09. The van der Waals surface area contributed by atoms with Crippen molar-refractivity contribution < 1.29 is 9.53 Å². The molecule has 2 rings (SSSR count). The van der Waals surface area contributed by atoms with Gasteiger partial charge in [-0.2, -0.15) is 0 Å². The van der Waals surface area contributed by atoms with Gasteiger partial charge in [-0.1, -0.05) is 22.0 Å². The summed E-state index contributed by atoms with van der Waals surface area (Å²) in [6, 6.07) is 5.80. The van der Waals surface area contributed by atoms with Gasteiger partial charge in [-0.25, -0.2) is 9.78 Å². The Bertz CT molecular complexity index is 607. The van der Waals surface area contributed by atoms with Gasteiger partial charge in [-0.3, -0.25) is 4.57 Å². The van der Waals surface area contributed by atoms with Crippen molar-refractivity contribution in [3.8, 4) is 5.69 Å². The van der Waals surface area contributed by atoms with Crippen molar-refractivity contribution in [2.75, 3.05) is 12.8 Å². The highest BCUT2D eigenvalue weighted by molar-refractivity contribution is 9.10. The van der Waals surface area contributed by atoms with Crippen LogP contribution in [-0.4, -0.2) is 22.6 Å². The zero-order chi connectivity index (χ0) is 13.3. The van der Waals surface area contributed by atoms with E-state index >= 15 is 0 Å². The molecule has 5 nitrogen and oxygen atoms in total. The summed E-state index contributed by atoms with van der Waals surface area (Å²) < 4.78 is 7.20. The van der Waals surface area contributed by atoms with E-state index in [1.165, 1.54) is 13.4 Å². The highest BCUT2D eigenvalue weighted by atomic mass is 79.9. The Balaban J connectivity index is 2.55. The molecule has 0 atom stereocenters. The molecule has 18 heavy (non-hydrogen) atoms. The predicted octanol–water partition coefficient (Wildman–Crippen LogP) is 2.31. The lowest BCUT2D eigenvalue weighted by Crippen LogP contribution is -2.08. The number of methoxy groups -OCH3 is 1. The minimum Gasteiger partial charge on any atom is -0.464 e. The Morgan fingerprint density at radius 2 is 2.22 bits per heavy atom. The van der Waals surface area contributed by atoms with E-state index in [9.17, 15) is 4.79 Å². The molecule has 0 amide bonds. The van der Waals surface area contributed by atoms with Crippen LogP contribution in [-0.2, 0) is 4.74 Å². The molecule has 0 unspecified atom stereocenters. The van der Waals surface area contributed by atoms with Gasteiger partial charge in [0.1, 0.15) is 12.1 Å². The van der Waals surface area contributed by atoms with Crippen LogP contribution >= 0.6 is 15.9 Å². The van der Waals surface area contributed by atoms with Gasteiger partial charge < -0.3 is 10.5 Å². The molecule has 2 aromatic rings. The van der Waals surface area contributed by atoms with Gasteiger partial charge in [0.2, 0.25) is 0 Å². The molecule has 94 valence electrons. The number of aryl methyl sites for hydroxylation is 1. The number of imidazole rings is 1. The Kier molecular flexibility index (Phi) is 3.38. The van der Waals surface area contributed by atoms with Gasteiger partial charge in [0, 0.05) is 4.47 Å². The van der Waals surface area contributed by atoms with Crippen LogP contribution in [0.1, 0.15) is 16.1 Å². The zero-order valence-electron chi connectivity index (χ0n) is 9.98. The van der Waals surface area contributed by atoms with E-state index in [1.54, 1.807) is 4.57 Å². The monoisotopic (exact) mass is 309 g/mol. The Morgan fingerprint density at radius 3 is 2.89 bits per heavy atom. The fraction of sp³-hybridized carbons (Fsp3) is 0.167. The summed E-state index contributed by atoms with van der Waals surface area (Å²) in [6.07, 6.45) is 1.51. The Hall–Kier alpha value is -1.82. The van der Waals surface area contributed by atoms with E-state index in [4.69, 9.17) is 5.73 Å². The summed E-state index contributed by atoms with van der Waals surface area (Å²) in [5.74, 6) is -0.276. The lowest BCUT2D eigenvalue weighted by molar-refractivity contribution is 0.0596. The van der Waals surface area contributed by atoms with Crippen LogP contribution in [0.15, 0.2) is 29.0 Å². The first kappa shape index (κ1) is 12.6. The third-order valence-corrected chi connectivity index (χ3v) is 3.11. The second-order valence-electron chi connectivity index (χ2n) is 3.77. The normalized spacial score (nSPS) is 10.4. The van der Waals surface area contributed by atoms with Crippen LogP contribution in [0.4, 0.5) is 5.82 Å². The van der Waals surface area contributed by atoms with Gasteiger partial charge in [0.15, 0.2) is 5.69 Å². The average Bonchev–Trinajstić information content (AvgIpc) is 2.73. The number of aromatic nitrogens is 2. The van der Waals surface area contributed by atoms with E-state index in [1.807, 2.05) is 25.1 Å². The molecule has 6 heteroatoms. The first-order chi connectivity index (χ1) is 8.54. The molecule has 0 saturated heterocycles. The third kappa shape index (κ3) is 2.11. The maximum absolute atomic E-state index is 11.4. The summed E-state index contributed by atoms with van der Waals surface area (Å²) in [4.78, 5) is 15.4. The molecule has 0 bridgehead atoms. The number of nitrogen functional groups attached to an aromatic ring is 1. The molecule has 1 aromatic carbocycles. The smallest absolute Gasteiger partial charge is 0.360 e. The van der Waals surface area contributed by atoms with Crippen LogP contribution in [0.2, 0.25) is 0 Å². The number of ether oxygens (including phenoxy) is 1. The number of benzene rings is 1. The maximum Gasteiger partial charge on any atom is 0.360 e. The minimum absolute atomic E-state index is 0.122. The standard InChI is InChI=1S/C12H12BrN3O2/c1-7-3-4-8(13)5-9(7)16-6-15-10(11(16)14)12(17)18-2/h3-6H,14H2,1-2H3. The van der Waals surface area contributed by atoms with Crippen LogP contribution in [0.25, 0.3) is 5.69 Å². The molecule has 0 aliphatic rings. The fourth-order valence-corrected chi connectivity index (χ4v) is 1.99. The van der Waals surface area contributed by atoms with Gasteiger partial charge in [0.05, 0.1) is 12.8 Å². The van der Waals surface area contributed by atoms with Gasteiger partial charge >= 0.3 is 5.97 Å². The topological polar surface area (TPSA) is 70.1 Å². The largest absolute Gasteiger partial charge is 0.464 e. The van der Waals surface area contributed by atoms with E-state index in [-0.39, 0.29) is 11.5 Å². The molecular formula is C12H12BrN3O2. The third-order valence-electron chi connectivity index (χ3n) is 2.61. The summed E-state index contributed by atoms with van der Waals surface area (Å²) in [6.45, 7) is 1.96. The number of halogens is 1. The van der Waals surface area contributed by atoms with E-state index < -0.39 is 5.97 Å². The predicted molar refractivity (Wildman–Crippen MR) is 71.8 cm³/mol. The zero-order valence-corrected chi connectivity index (χ0v) is 11.6. The number of nitrogens with zero attached hydrogens (tertiary/aromatic N) is 2. The van der Waals surface area contributed by atoms with Crippen molar-refractivity contribution in [2.24, 2.45) is 0 Å². The van der Waals surface area contributed by atoms with E-state index in [0.717, 1.165) is 15.7 Å². The SMILES string of the molecule is COC(=O)c1ncn(-c2cc(Br)ccc2C)c1N. The molecular weight excluding hydrogens is 298 g/mol. The first-order valence-electron chi connectivity index (χ1n) is 5.22. The number of rotatable bonds is 2. The number of hydrogen-bond acceptors (Lipinski definition) is 4. The molecule has 0 aliphatic heterocycles. The summed E-state index contributed by atoms with van der Waals surface area (Å²) >= 11 is 3.40. The van der Waals surface area contributed by atoms with Crippen LogP contribution in [0.3, 0.4) is 0 Å². The van der Waals surface area contributed by atoms with Crippen molar-refractivity contribution in [3.05, 3.63) is 40.3 Å². The van der Waals surface area contributed by atoms with Crippen LogP contribution in [0.5, 0.6) is 0 Å². The number of carbonyl (C=O) groups is 1. The number of carbonyl (C=O) groups excluding carboxylic acids is 1. The number of hydrogen-bond donors (Lipinski definition) is 1. The highest BCUT2D eigenvalue weighted by Gasteiger charge is 2.17. The Morgan fingerprint density at radius 1 is 1.50 bits per heavy atom.